The summed E-state index contributed by atoms with van der Waals surface area (Å²) in [6.07, 6.45) is -5.11. The molecule has 0 heterocycles. The molecule has 0 unspecified atom stereocenters. The minimum absolute atomic E-state index is 0.0686. The van der Waals surface area contributed by atoms with Crippen LogP contribution in [0.3, 0.4) is 0 Å². The number of carboxylic acid groups (broad SMARTS) is 1. The molecule has 1 rings (SSSR count). The van der Waals surface area contributed by atoms with Gasteiger partial charge in [-0.05, 0) is 24.1 Å². The molecule has 0 spiro atoms. The number of hydrogen-bond donors (Lipinski definition) is 3. The van der Waals surface area contributed by atoms with Gasteiger partial charge in [-0.1, -0.05) is 6.07 Å². The normalized spacial score (nSPS) is 12.9. The summed E-state index contributed by atoms with van der Waals surface area (Å²) in [6, 6.07) is 1.24. The van der Waals surface area contributed by atoms with Crippen LogP contribution in [0.2, 0.25) is 0 Å². The van der Waals surface area contributed by atoms with Gasteiger partial charge in [-0.3, -0.25) is 9.59 Å². The zero-order valence-corrected chi connectivity index (χ0v) is 11.3. The van der Waals surface area contributed by atoms with Crippen molar-refractivity contribution in [2.45, 2.75) is 31.6 Å². The monoisotopic (exact) mass is 322 g/mol. The van der Waals surface area contributed by atoms with Gasteiger partial charge in [0, 0.05) is 13.0 Å². The number of benzene rings is 1. The first-order valence-electron chi connectivity index (χ1n) is 6.21. The molecular formula is C13H14F4N2O3. The Kier molecular flexibility index (Phi) is 5.86. The van der Waals surface area contributed by atoms with Gasteiger partial charge in [0.1, 0.15) is 11.9 Å². The lowest BCUT2D eigenvalue weighted by Gasteiger charge is -2.15. The number of hydrogen-bond acceptors (Lipinski definition) is 3. The van der Waals surface area contributed by atoms with Crippen molar-refractivity contribution in [1.29, 1.82) is 0 Å². The topological polar surface area (TPSA) is 92.4 Å². The van der Waals surface area contributed by atoms with E-state index in [0.29, 0.717) is 12.1 Å². The molecule has 1 aromatic carbocycles. The van der Waals surface area contributed by atoms with Crippen molar-refractivity contribution in [3.8, 4) is 0 Å². The van der Waals surface area contributed by atoms with Crippen LogP contribution in [0.1, 0.15) is 24.0 Å². The predicted octanol–water partition coefficient (Wildman–Crippen LogP) is 1.65. The number of nitrogens with one attached hydrogen (secondary N) is 1. The molecule has 5 nitrogen and oxygen atoms in total. The van der Waals surface area contributed by atoms with E-state index in [-0.39, 0.29) is 24.9 Å². The first kappa shape index (κ1) is 17.9. The van der Waals surface area contributed by atoms with Gasteiger partial charge in [-0.25, -0.2) is 4.39 Å². The second kappa shape index (κ2) is 7.21. The molecule has 22 heavy (non-hydrogen) atoms. The SMILES string of the molecule is NC(=O)CC[C@H](NCc1ccc(F)c(C(F)(F)F)c1)C(=O)O. The number of nitrogens with two attached hydrogens (primary N) is 1. The molecule has 122 valence electrons. The summed E-state index contributed by atoms with van der Waals surface area (Å²) in [5.41, 5.74) is 3.55. The fraction of sp³-hybridized carbons (Fsp3) is 0.385. The summed E-state index contributed by atoms with van der Waals surface area (Å²) in [5, 5.41) is 11.4. The minimum Gasteiger partial charge on any atom is -0.480 e. The number of alkyl halides is 3. The maximum Gasteiger partial charge on any atom is 0.419 e. The fourth-order valence-corrected chi connectivity index (χ4v) is 1.74. The van der Waals surface area contributed by atoms with E-state index < -0.39 is 35.5 Å². The van der Waals surface area contributed by atoms with Gasteiger partial charge in [-0.2, -0.15) is 13.2 Å². The van der Waals surface area contributed by atoms with Crippen molar-refractivity contribution < 1.29 is 32.3 Å². The third-order valence-corrected chi connectivity index (χ3v) is 2.87. The highest BCUT2D eigenvalue weighted by Gasteiger charge is 2.34. The zero-order valence-electron chi connectivity index (χ0n) is 11.3. The predicted molar refractivity (Wildman–Crippen MR) is 68.1 cm³/mol. The van der Waals surface area contributed by atoms with Gasteiger partial charge in [0.05, 0.1) is 5.56 Å². The molecule has 0 saturated heterocycles. The van der Waals surface area contributed by atoms with Crippen LogP contribution in [0.15, 0.2) is 18.2 Å². The van der Waals surface area contributed by atoms with E-state index in [1.165, 1.54) is 0 Å². The zero-order chi connectivity index (χ0) is 16.9. The number of carbonyl (C=O) groups is 2. The second-order valence-corrected chi connectivity index (χ2v) is 4.59. The van der Waals surface area contributed by atoms with Gasteiger partial charge in [0.15, 0.2) is 0 Å². The van der Waals surface area contributed by atoms with Crippen molar-refractivity contribution in [2.75, 3.05) is 0 Å². The summed E-state index contributed by atoms with van der Waals surface area (Å²) in [5.74, 6) is -3.35. The van der Waals surface area contributed by atoms with Gasteiger partial charge in [0.2, 0.25) is 5.91 Å². The number of halogens is 4. The van der Waals surface area contributed by atoms with Crippen molar-refractivity contribution >= 4 is 11.9 Å². The van der Waals surface area contributed by atoms with Crippen LogP contribution in [0.5, 0.6) is 0 Å². The van der Waals surface area contributed by atoms with Crippen LogP contribution in [0.25, 0.3) is 0 Å². The Labute approximate surface area is 123 Å². The summed E-state index contributed by atoms with van der Waals surface area (Å²) in [7, 11) is 0. The molecule has 0 fully saturated rings. The smallest absolute Gasteiger partial charge is 0.419 e. The molecule has 9 heteroatoms. The number of carboxylic acids is 1. The average molecular weight is 322 g/mol. The van der Waals surface area contributed by atoms with E-state index in [0.717, 1.165) is 6.07 Å². The molecule has 0 aliphatic heterocycles. The molecule has 0 aliphatic rings. The molecule has 4 N–H and O–H groups in total. The molecule has 1 atom stereocenters. The van der Waals surface area contributed by atoms with Crippen molar-refractivity contribution in [1.82, 2.24) is 5.32 Å². The maximum absolute atomic E-state index is 13.1. The molecule has 0 radical (unpaired) electrons. The number of rotatable bonds is 7. The first-order chi connectivity index (χ1) is 10.1. The highest BCUT2D eigenvalue weighted by molar-refractivity contribution is 5.77. The van der Waals surface area contributed by atoms with Gasteiger partial charge >= 0.3 is 12.1 Å². The van der Waals surface area contributed by atoms with E-state index in [4.69, 9.17) is 10.8 Å². The standard InChI is InChI=1S/C13H14F4N2O3/c14-9-2-1-7(5-8(9)13(15,16)17)6-19-10(12(21)22)3-4-11(18)20/h1-2,5,10,19H,3-4,6H2,(H2,18,20)(H,21,22)/t10-/m0/s1. The van der Waals surface area contributed by atoms with E-state index in [9.17, 15) is 27.2 Å². The second-order valence-electron chi connectivity index (χ2n) is 4.59. The lowest BCUT2D eigenvalue weighted by atomic mass is 10.1. The molecule has 1 amide bonds. The van der Waals surface area contributed by atoms with Crippen LogP contribution < -0.4 is 11.1 Å². The average Bonchev–Trinajstić information content (AvgIpc) is 2.38. The third kappa shape index (κ3) is 5.32. The molecule has 0 aliphatic carbocycles. The first-order valence-corrected chi connectivity index (χ1v) is 6.21. The van der Waals surface area contributed by atoms with Gasteiger partial charge < -0.3 is 16.2 Å². The lowest BCUT2D eigenvalue weighted by Crippen LogP contribution is -2.37. The van der Waals surface area contributed by atoms with Crippen LogP contribution in [-0.2, 0) is 22.3 Å². The van der Waals surface area contributed by atoms with Crippen LogP contribution in [0, 0.1) is 5.82 Å². The van der Waals surface area contributed by atoms with Crippen molar-refractivity contribution in [2.24, 2.45) is 5.73 Å². The van der Waals surface area contributed by atoms with E-state index in [1.807, 2.05) is 0 Å². The van der Waals surface area contributed by atoms with E-state index in [2.05, 4.69) is 5.32 Å². The number of amides is 1. The summed E-state index contributed by atoms with van der Waals surface area (Å²) in [4.78, 5) is 21.6. The number of primary amides is 1. The maximum atomic E-state index is 13.1. The Morgan fingerprint density at radius 2 is 1.95 bits per heavy atom. The van der Waals surface area contributed by atoms with Gasteiger partial charge in [0.25, 0.3) is 0 Å². The summed E-state index contributed by atoms with van der Waals surface area (Å²) < 4.78 is 50.8. The molecule has 0 saturated carbocycles. The summed E-state index contributed by atoms with van der Waals surface area (Å²) in [6.45, 7) is -0.223. The highest BCUT2D eigenvalue weighted by atomic mass is 19.4. The molecule has 0 bridgehead atoms. The van der Waals surface area contributed by atoms with Crippen molar-refractivity contribution in [3.05, 3.63) is 35.1 Å². The highest BCUT2D eigenvalue weighted by Crippen LogP contribution is 2.31. The Bertz CT molecular complexity index is 561. The van der Waals surface area contributed by atoms with Crippen LogP contribution in [0.4, 0.5) is 17.6 Å². The van der Waals surface area contributed by atoms with Gasteiger partial charge in [-0.15, -0.1) is 0 Å². The quantitative estimate of drug-likeness (QED) is 0.666. The van der Waals surface area contributed by atoms with E-state index >= 15 is 0 Å². The number of carbonyl (C=O) groups excluding carboxylic acids is 1. The van der Waals surface area contributed by atoms with Crippen molar-refractivity contribution in [3.63, 3.8) is 0 Å². The third-order valence-electron chi connectivity index (χ3n) is 2.87. The molecule has 1 aromatic rings. The largest absolute Gasteiger partial charge is 0.480 e. The Balaban J connectivity index is 2.77. The Morgan fingerprint density at radius 3 is 2.45 bits per heavy atom. The summed E-state index contributed by atoms with van der Waals surface area (Å²) >= 11 is 0. The Hall–Kier alpha value is -2.16. The fourth-order valence-electron chi connectivity index (χ4n) is 1.74. The number of aliphatic carboxylic acids is 1. The van der Waals surface area contributed by atoms with Crippen LogP contribution >= 0.6 is 0 Å². The Morgan fingerprint density at radius 1 is 1.32 bits per heavy atom. The lowest BCUT2D eigenvalue weighted by molar-refractivity contribution is -0.141. The molecule has 0 aromatic heterocycles. The minimum atomic E-state index is -4.84. The molecular weight excluding hydrogens is 308 g/mol. The van der Waals surface area contributed by atoms with E-state index in [1.54, 1.807) is 0 Å². The van der Waals surface area contributed by atoms with Crippen LogP contribution in [-0.4, -0.2) is 23.0 Å².